The molecule has 2 rings (SSSR count). The van der Waals surface area contributed by atoms with Crippen LogP contribution in [0.1, 0.15) is 52.0 Å². The van der Waals surface area contributed by atoms with Crippen molar-refractivity contribution in [2.75, 3.05) is 6.54 Å². The molecule has 0 radical (unpaired) electrons. The first-order valence-electron chi connectivity index (χ1n) is 8.11. The number of hydrogen-bond acceptors (Lipinski definition) is 1. The van der Waals surface area contributed by atoms with Crippen LogP contribution in [0.25, 0.3) is 0 Å². The average Bonchev–Trinajstić information content (AvgIpc) is 2.76. The largest absolute Gasteiger partial charge is 0.313 e. The summed E-state index contributed by atoms with van der Waals surface area (Å²) in [6.07, 6.45) is 5.64. The SMILES string of the molecule is CCCNC(Cc1ccc(Cl)cc1F)C1CCCC1(C)C. The van der Waals surface area contributed by atoms with Crippen LogP contribution < -0.4 is 5.32 Å². The van der Waals surface area contributed by atoms with Crippen molar-refractivity contribution < 1.29 is 4.39 Å². The molecule has 0 bridgehead atoms. The molecular formula is C18H27ClFN. The predicted octanol–water partition coefficient (Wildman–Crippen LogP) is 5.22. The van der Waals surface area contributed by atoms with Crippen LogP contribution in [0.3, 0.4) is 0 Å². The van der Waals surface area contributed by atoms with Crippen LogP contribution in [0.15, 0.2) is 18.2 Å². The molecule has 1 N–H and O–H groups in total. The van der Waals surface area contributed by atoms with E-state index in [1.165, 1.54) is 25.3 Å². The molecule has 21 heavy (non-hydrogen) atoms. The summed E-state index contributed by atoms with van der Waals surface area (Å²) in [7, 11) is 0. The smallest absolute Gasteiger partial charge is 0.127 e. The topological polar surface area (TPSA) is 12.0 Å². The van der Waals surface area contributed by atoms with Gasteiger partial charge < -0.3 is 5.32 Å². The maximum absolute atomic E-state index is 14.1. The van der Waals surface area contributed by atoms with E-state index < -0.39 is 0 Å². The summed E-state index contributed by atoms with van der Waals surface area (Å²) in [5.41, 5.74) is 1.12. The molecule has 1 fully saturated rings. The van der Waals surface area contributed by atoms with Gasteiger partial charge in [0.1, 0.15) is 5.82 Å². The molecule has 1 aromatic carbocycles. The first kappa shape index (κ1) is 16.8. The first-order valence-corrected chi connectivity index (χ1v) is 8.49. The number of rotatable bonds is 6. The van der Waals surface area contributed by atoms with E-state index >= 15 is 0 Å². The van der Waals surface area contributed by atoms with Gasteiger partial charge in [0.2, 0.25) is 0 Å². The number of halogens is 2. The van der Waals surface area contributed by atoms with E-state index in [1.807, 2.05) is 6.07 Å². The van der Waals surface area contributed by atoms with Crippen molar-refractivity contribution in [2.45, 2.75) is 58.9 Å². The van der Waals surface area contributed by atoms with Gasteiger partial charge in [0.15, 0.2) is 0 Å². The molecule has 3 heteroatoms. The molecule has 1 aliphatic carbocycles. The summed E-state index contributed by atoms with van der Waals surface area (Å²) in [5.74, 6) is 0.431. The summed E-state index contributed by atoms with van der Waals surface area (Å²) in [6.45, 7) is 7.87. The van der Waals surface area contributed by atoms with Crippen molar-refractivity contribution in [1.29, 1.82) is 0 Å². The van der Waals surface area contributed by atoms with E-state index in [-0.39, 0.29) is 5.82 Å². The Balaban J connectivity index is 2.16. The fourth-order valence-corrected chi connectivity index (χ4v) is 3.87. The Morgan fingerprint density at radius 3 is 2.76 bits per heavy atom. The Morgan fingerprint density at radius 2 is 2.19 bits per heavy atom. The summed E-state index contributed by atoms with van der Waals surface area (Å²) >= 11 is 5.85. The molecule has 1 nitrogen and oxygen atoms in total. The molecule has 1 saturated carbocycles. The molecule has 0 aliphatic heterocycles. The van der Waals surface area contributed by atoms with Crippen LogP contribution in [-0.2, 0) is 6.42 Å². The molecule has 0 heterocycles. The Bertz CT molecular complexity index is 472. The molecule has 2 atom stereocenters. The standard InChI is InChI=1S/C18H27ClFN/c1-4-10-21-17(15-6-5-9-18(15,2)3)11-13-7-8-14(19)12-16(13)20/h7-8,12,15,17,21H,4-6,9-11H2,1-3H3. The molecular weight excluding hydrogens is 285 g/mol. The van der Waals surface area contributed by atoms with Gasteiger partial charge in [-0.1, -0.05) is 44.9 Å². The normalized spacial score (nSPS) is 22.4. The van der Waals surface area contributed by atoms with Gasteiger partial charge in [0, 0.05) is 11.1 Å². The summed E-state index contributed by atoms with van der Waals surface area (Å²) in [4.78, 5) is 0. The summed E-state index contributed by atoms with van der Waals surface area (Å²) in [5, 5.41) is 4.13. The summed E-state index contributed by atoms with van der Waals surface area (Å²) < 4.78 is 14.1. The van der Waals surface area contributed by atoms with Crippen LogP contribution in [0.5, 0.6) is 0 Å². The van der Waals surface area contributed by atoms with Crippen molar-refractivity contribution in [3.05, 3.63) is 34.6 Å². The van der Waals surface area contributed by atoms with E-state index in [0.717, 1.165) is 24.9 Å². The second-order valence-corrected chi connectivity index (χ2v) is 7.42. The monoisotopic (exact) mass is 311 g/mol. The van der Waals surface area contributed by atoms with E-state index in [0.29, 0.717) is 22.4 Å². The highest BCUT2D eigenvalue weighted by molar-refractivity contribution is 6.30. The van der Waals surface area contributed by atoms with Gasteiger partial charge in [-0.3, -0.25) is 0 Å². The minimum Gasteiger partial charge on any atom is -0.313 e. The van der Waals surface area contributed by atoms with E-state index in [2.05, 4.69) is 26.1 Å². The van der Waals surface area contributed by atoms with Crippen molar-refractivity contribution >= 4 is 11.6 Å². The molecule has 0 saturated heterocycles. The highest BCUT2D eigenvalue weighted by Crippen LogP contribution is 2.45. The molecule has 1 aromatic rings. The Labute approximate surface area is 133 Å². The van der Waals surface area contributed by atoms with Gasteiger partial charge in [-0.15, -0.1) is 0 Å². The van der Waals surface area contributed by atoms with Gasteiger partial charge in [-0.05, 0) is 61.3 Å². The average molecular weight is 312 g/mol. The molecule has 118 valence electrons. The zero-order chi connectivity index (χ0) is 15.5. The quantitative estimate of drug-likeness (QED) is 0.760. The lowest BCUT2D eigenvalue weighted by Gasteiger charge is -2.35. The minimum atomic E-state index is -0.179. The highest BCUT2D eigenvalue weighted by Gasteiger charge is 2.39. The Morgan fingerprint density at radius 1 is 1.43 bits per heavy atom. The van der Waals surface area contributed by atoms with Crippen LogP contribution in [0.4, 0.5) is 4.39 Å². The van der Waals surface area contributed by atoms with E-state index in [4.69, 9.17) is 11.6 Å². The summed E-state index contributed by atoms with van der Waals surface area (Å²) in [6, 6.07) is 5.39. The third kappa shape index (κ3) is 4.20. The van der Waals surface area contributed by atoms with Crippen LogP contribution in [0, 0.1) is 17.2 Å². The number of hydrogen-bond donors (Lipinski definition) is 1. The Hall–Kier alpha value is -0.600. The third-order valence-corrected chi connectivity index (χ3v) is 5.17. The van der Waals surface area contributed by atoms with Gasteiger partial charge in [-0.2, -0.15) is 0 Å². The second-order valence-electron chi connectivity index (χ2n) is 6.99. The maximum atomic E-state index is 14.1. The zero-order valence-electron chi connectivity index (χ0n) is 13.4. The lowest BCUT2D eigenvalue weighted by atomic mass is 9.76. The third-order valence-electron chi connectivity index (χ3n) is 4.94. The fourth-order valence-electron chi connectivity index (χ4n) is 3.71. The van der Waals surface area contributed by atoms with E-state index in [9.17, 15) is 4.39 Å². The maximum Gasteiger partial charge on any atom is 0.127 e. The van der Waals surface area contributed by atoms with E-state index in [1.54, 1.807) is 6.07 Å². The van der Waals surface area contributed by atoms with Gasteiger partial charge in [0.25, 0.3) is 0 Å². The Kier molecular flexibility index (Phi) is 5.67. The van der Waals surface area contributed by atoms with Crippen LogP contribution in [0.2, 0.25) is 5.02 Å². The number of nitrogens with one attached hydrogen (secondary N) is 1. The molecule has 0 aromatic heterocycles. The fraction of sp³-hybridized carbons (Fsp3) is 0.667. The number of benzene rings is 1. The molecule has 0 spiro atoms. The molecule has 2 unspecified atom stereocenters. The predicted molar refractivity (Wildman–Crippen MR) is 88.3 cm³/mol. The van der Waals surface area contributed by atoms with Crippen molar-refractivity contribution in [2.24, 2.45) is 11.3 Å². The lowest BCUT2D eigenvalue weighted by molar-refractivity contribution is 0.195. The van der Waals surface area contributed by atoms with Crippen LogP contribution >= 0.6 is 11.6 Å². The van der Waals surface area contributed by atoms with Gasteiger partial charge in [-0.25, -0.2) is 4.39 Å². The van der Waals surface area contributed by atoms with Crippen molar-refractivity contribution in [3.63, 3.8) is 0 Å². The second kappa shape index (κ2) is 7.11. The van der Waals surface area contributed by atoms with Crippen molar-refractivity contribution in [1.82, 2.24) is 5.32 Å². The highest BCUT2D eigenvalue weighted by atomic mass is 35.5. The van der Waals surface area contributed by atoms with Crippen LogP contribution in [-0.4, -0.2) is 12.6 Å². The first-order chi connectivity index (χ1) is 9.94. The zero-order valence-corrected chi connectivity index (χ0v) is 14.1. The molecule has 0 amide bonds. The lowest BCUT2D eigenvalue weighted by Crippen LogP contribution is -2.42. The van der Waals surface area contributed by atoms with Crippen molar-refractivity contribution in [3.8, 4) is 0 Å². The van der Waals surface area contributed by atoms with Gasteiger partial charge in [0.05, 0.1) is 0 Å². The molecule has 1 aliphatic rings. The minimum absolute atomic E-state index is 0.179. The van der Waals surface area contributed by atoms with Gasteiger partial charge >= 0.3 is 0 Å².